The molecule has 1 aromatic rings. The average molecular weight is 227 g/mol. The highest BCUT2D eigenvalue weighted by atomic mass is 19.2. The molecule has 0 heterocycles. The van der Waals surface area contributed by atoms with E-state index in [9.17, 15) is 8.78 Å². The quantitative estimate of drug-likeness (QED) is 0.813. The fourth-order valence-electron chi connectivity index (χ4n) is 1.67. The first-order valence-corrected chi connectivity index (χ1v) is 5.72. The Morgan fingerprint density at radius 3 is 2.44 bits per heavy atom. The summed E-state index contributed by atoms with van der Waals surface area (Å²) in [5.41, 5.74) is 0.851. The molecule has 1 nitrogen and oxygen atoms in total. The lowest BCUT2D eigenvalue weighted by atomic mass is 9.89. The molecule has 0 amide bonds. The van der Waals surface area contributed by atoms with E-state index >= 15 is 0 Å². The largest absolute Gasteiger partial charge is 0.317 e. The van der Waals surface area contributed by atoms with Crippen LogP contribution in [0.4, 0.5) is 8.78 Å². The van der Waals surface area contributed by atoms with E-state index in [0.29, 0.717) is 5.92 Å². The summed E-state index contributed by atoms with van der Waals surface area (Å²) in [5, 5.41) is 3.26. The lowest BCUT2D eigenvalue weighted by molar-refractivity contribution is 0.448. The number of rotatable bonds is 5. The van der Waals surface area contributed by atoms with Gasteiger partial charge in [-0.3, -0.25) is 0 Å². The molecule has 0 spiro atoms. The Labute approximate surface area is 95.9 Å². The summed E-state index contributed by atoms with van der Waals surface area (Å²) >= 11 is 0. The molecular formula is C13H19F2N. The lowest BCUT2D eigenvalue weighted by Crippen LogP contribution is -2.24. The van der Waals surface area contributed by atoms with Gasteiger partial charge < -0.3 is 5.32 Å². The van der Waals surface area contributed by atoms with Crippen LogP contribution in [-0.4, -0.2) is 13.1 Å². The molecule has 0 radical (unpaired) electrons. The molecule has 2 unspecified atom stereocenters. The van der Waals surface area contributed by atoms with Gasteiger partial charge in [0, 0.05) is 0 Å². The van der Waals surface area contributed by atoms with Gasteiger partial charge in [0.25, 0.3) is 0 Å². The third kappa shape index (κ3) is 3.27. The fraction of sp³-hybridized carbons (Fsp3) is 0.538. The molecular weight excluding hydrogens is 208 g/mol. The van der Waals surface area contributed by atoms with Crippen molar-refractivity contribution in [2.45, 2.75) is 26.7 Å². The monoisotopic (exact) mass is 227 g/mol. The summed E-state index contributed by atoms with van der Waals surface area (Å²) in [5.74, 6) is -0.936. The van der Waals surface area contributed by atoms with Crippen molar-refractivity contribution in [3.63, 3.8) is 0 Å². The van der Waals surface area contributed by atoms with Crippen LogP contribution in [0.5, 0.6) is 0 Å². The van der Waals surface area contributed by atoms with Gasteiger partial charge in [-0.1, -0.05) is 26.8 Å². The van der Waals surface area contributed by atoms with Crippen LogP contribution in [0.25, 0.3) is 0 Å². The van der Waals surface area contributed by atoms with E-state index in [1.165, 1.54) is 12.1 Å². The van der Waals surface area contributed by atoms with E-state index in [4.69, 9.17) is 0 Å². The lowest BCUT2D eigenvalue weighted by Gasteiger charge is -2.20. The normalized spacial score (nSPS) is 14.8. The van der Waals surface area contributed by atoms with Crippen LogP contribution < -0.4 is 5.32 Å². The van der Waals surface area contributed by atoms with Gasteiger partial charge in [-0.25, -0.2) is 8.78 Å². The summed E-state index contributed by atoms with van der Waals surface area (Å²) in [4.78, 5) is 0. The molecule has 16 heavy (non-hydrogen) atoms. The first-order chi connectivity index (χ1) is 7.56. The second-order valence-electron chi connectivity index (χ2n) is 4.25. The van der Waals surface area contributed by atoms with Gasteiger partial charge >= 0.3 is 0 Å². The summed E-state index contributed by atoms with van der Waals surface area (Å²) in [7, 11) is 0. The van der Waals surface area contributed by atoms with Crippen molar-refractivity contribution in [3.05, 3.63) is 35.4 Å². The Balaban J connectivity index is 2.71. The zero-order chi connectivity index (χ0) is 12.1. The minimum Gasteiger partial charge on any atom is -0.317 e. The molecule has 0 bridgehead atoms. The van der Waals surface area contributed by atoms with E-state index in [1.807, 2.05) is 6.92 Å². The SMILES string of the molecule is CCNCC(C)C(C)c1ccc(F)c(F)c1. The molecule has 90 valence electrons. The van der Waals surface area contributed by atoms with Gasteiger partial charge in [0.05, 0.1) is 0 Å². The standard InChI is InChI=1S/C13H19F2N/c1-4-16-8-9(2)10(3)11-5-6-12(14)13(15)7-11/h5-7,9-10,16H,4,8H2,1-3H3. The van der Waals surface area contributed by atoms with Crippen molar-refractivity contribution < 1.29 is 8.78 Å². The van der Waals surface area contributed by atoms with E-state index in [-0.39, 0.29) is 5.92 Å². The zero-order valence-electron chi connectivity index (χ0n) is 10.1. The Bertz CT molecular complexity index is 339. The van der Waals surface area contributed by atoms with Crippen molar-refractivity contribution in [3.8, 4) is 0 Å². The molecule has 0 aliphatic carbocycles. The highest BCUT2D eigenvalue weighted by molar-refractivity contribution is 5.21. The van der Waals surface area contributed by atoms with Crippen molar-refractivity contribution in [2.24, 2.45) is 5.92 Å². The molecule has 3 heteroatoms. The minimum absolute atomic E-state index is 0.217. The number of halogens is 2. The molecule has 0 aliphatic rings. The van der Waals surface area contributed by atoms with Crippen molar-refractivity contribution >= 4 is 0 Å². The Hall–Kier alpha value is -0.960. The highest BCUT2D eigenvalue weighted by Gasteiger charge is 2.15. The van der Waals surface area contributed by atoms with Crippen LogP contribution in [0.15, 0.2) is 18.2 Å². The average Bonchev–Trinajstić information content (AvgIpc) is 2.28. The molecule has 0 saturated heterocycles. The summed E-state index contributed by atoms with van der Waals surface area (Å²) in [6.07, 6.45) is 0. The molecule has 1 N–H and O–H groups in total. The number of benzene rings is 1. The van der Waals surface area contributed by atoms with Gasteiger partial charge in [-0.15, -0.1) is 0 Å². The minimum atomic E-state index is -0.782. The summed E-state index contributed by atoms with van der Waals surface area (Å²) in [6, 6.07) is 4.15. The first-order valence-electron chi connectivity index (χ1n) is 5.72. The third-order valence-corrected chi connectivity index (χ3v) is 3.04. The van der Waals surface area contributed by atoms with Crippen molar-refractivity contribution in [1.82, 2.24) is 5.32 Å². The second kappa shape index (κ2) is 5.94. The zero-order valence-corrected chi connectivity index (χ0v) is 10.1. The summed E-state index contributed by atoms with van der Waals surface area (Å²) in [6.45, 7) is 8.00. The molecule has 0 aromatic heterocycles. The smallest absolute Gasteiger partial charge is 0.159 e. The Morgan fingerprint density at radius 2 is 1.88 bits per heavy atom. The van der Waals surface area contributed by atoms with Crippen LogP contribution in [0.1, 0.15) is 32.3 Å². The Morgan fingerprint density at radius 1 is 1.19 bits per heavy atom. The Kier molecular flexibility index (Phi) is 4.87. The molecule has 0 fully saturated rings. The second-order valence-corrected chi connectivity index (χ2v) is 4.25. The van der Waals surface area contributed by atoms with Crippen molar-refractivity contribution in [1.29, 1.82) is 0 Å². The van der Waals surface area contributed by atoms with Crippen molar-refractivity contribution in [2.75, 3.05) is 13.1 Å². The van der Waals surface area contributed by atoms with Gasteiger partial charge in [-0.2, -0.15) is 0 Å². The molecule has 0 aliphatic heterocycles. The molecule has 1 aromatic carbocycles. The number of hydrogen-bond acceptors (Lipinski definition) is 1. The van der Waals surface area contributed by atoms with E-state index < -0.39 is 11.6 Å². The van der Waals surface area contributed by atoms with E-state index in [0.717, 1.165) is 18.7 Å². The van der Waals surface area contributed by atoms with Crippen LogP contribution in [0.2, 0.25) is 0 Å². The van der Waals surface area contributed by atoms with Gasteiger partial charge in [0.2, 0.25) is 0 Å². The van der Waals surface area contributed by atoms with Crippen LogP contribution >= 0.6 is 0 Å². The fourth-order valence-corrected chi connectivity index (χ4v) is 1.67. The predicted octanol–water partition coefficient (Wildman–Crippen LogP) is 3.31. The predicted molar refractivity (Wildman–Crippen MR) is 62.5 cm³/mol. The van der Waals surface area contributed by atoms with Gasteiger partial charge in [-0.05, 0) is 42.6 Å². The van der Waals surface area contributed by atoms with Gasteiger partial charge in [0.1, 0.15) is 0 Å². The third-order valence-electron chi connectivity index (χ3n) is 3.04. The first kappa shape index (κ1) is 13.1. The van der Waals surface area contributed by atoms with Crippen LogP contribution in [0, 0.1) is 17.6 Å². The topological polar surface area (TPSA) is 12.0 Å². The van der Waals surface area contributed by atoms with Crippen LogP contribution in [0.3, 0.4) is 0 Å². The van der Waals surface area contributed by atoms with Gasteiger partial charge in [0.15, 0.2) is 11.6 Å². The number of nitrogens with one attached hydrogen (secondary N) is 1. The van der Waals surface area contributed by atoms with E-state index in [1.54, 1.807) is 6.07 Å². The summed E-state index contributed by atoms with van der Waals surface area (Å²) < 4.78 is 25.8. The molecule has 2 atom stereocenters. The van der Waals surface area contributed by atoms with E-state index in [2.05, 4.69) is 19.2 Å². The maximum Gasteiger partial charge on any atom is 0.159 e. The highest BCUT2D eigenvalue weighted by Crippen LogP contribution is 2.24. The van der Waals surface area contributed by atoms with Crippen LogP contribution in [-0.2, 0) is 0 Å². The molecule has 0 saturated carbocycles. The maximum absolute atomic E-state index is 13.1. The number of hydrogen-bond donors (Lipinski definition) is 1. The molecule has 1 rings (SSSR count). The maximum atomic E-state index is 13.1.